The van der Waals surface area contributed by atoms with Crippen molar-refractivity contribution in [3.8, 4) is 0 Å². The molecule has 1 atom stereocenters. The molecule has 3 heterocycles. The molecule has 1 amide bonds. The monoisotopic (exact) mass is 302 g/mol. The fraction of sp³-hybridized carbons (Fsp3) is 0.533. The summed E-state index contributed by atoms with van der Waals surface area (Å²) < 4.78 is 12.6. The Kier molecular flexibility index (Phi) is 3.22. The van der Waals surface area contributed by atoms with Crippen LogP contribution in [0, 0.1) is 0 Å². The molecule has 1 aliphatic carbocycles. The SMILES string of the molecule is COC[C@H]1CN(C(=O)c2cc(C3CC3)on2)Cc2cncn21. The Morgan fingerprint density at radius 1 is 1.50 bits per heavy atom. The van der Waals surface area contributed by atoms with Gasteiger partial charge in [0.15, 0.2) is 5.69 Å². The molecule has 2 aliphatic rings. The largest absolute Gasteiger partial charge is 0.382 e. The molecule has 7 heteroatoms. The molecule has 1 aliphatic heterocycles. The normalized spacial score (nSPS) is 21.0. The van der Waals surface area contributed by atoms with E-state index >= 15 is 0 Å². The second-order valence-electron chi connectivity index (χ2n) is 5.98. The molecule has 2 aromatic rings. The van der Waals surface area contributed by atoms with Gasteiger partial charge in [-0.05, 0) is 12.8 Å². The first kappa shape index (κ1) is 13.5. The van der Waals surface area contributed by atoms with E-state index in [4.69, 9.17) is 9.26 Å². The van der Waals surface area contributed by atoms with Crippen molar-refractivity contribution in [2.75, 3.05) is 20.3 Å². The van der Waals surface area contributed by atoms with Crippen molar-refractivity contribution in [2.24, 2.45) is 0 Å². The molecule has 0 spiro atoms. The molecule has 0 saturated heterocycles. The van der Waals surface area contributed by atoms with E-state index in [1.165, 1.54) is 0 Å². The number of carbonyl (C=O) groups excluding carboxylic acids is 1. The summed E-state index contributed by atoms with van der Waals surface area (Å²) >= 11 is 0. The number of hydrogen-bond donors (Lipinski definition) is 0. The molecule has 4 rings (SSSR count). The van der Waals surface area contributed by atoms with Gasteiger partial charge < -0.3 is 18.7 Å². The maximum absolute atomic E-state index is 12.7. The van der Waals surface area contributed by atoms with Crippen LogP contribution in [0.3, 0.4) is 0 Å². The maximum atomic E-state index is 12.7. The number of ether oxygens (including phenoxy) is 1. The zero-order valence-electron chi connectivity index (χ0n) is 12.4. The molecule has 116 valence electrons. The number of rotatable bonds is 4. The second kappa shape index (κ2) is 5.24. The molecular weight excluding hydrogens is 284 g/mol. The summed E-state index contributed by atoms with van der Waals surface area (Å²) in [4.78, 5) is 18.6. The van der Waals surface area contributed by atoms with Crippen molar-refractivity contribution >= 4 is 5.91 Å². The molecule has 2 aromatic heterocycles. The van der Waals surface area contributed by atoms with E-state index in [9.17, 15) is 4.79 Å². The minimum absolute atomic E-state index is 0.0787. The predicted octanol–water partition coefficient (Wildman–Crippen LogP) is 1.59. The van der Waals surface area contributed by atoms with Crippen molar-refractivity contribution in [1.29, 1.82) is 0 Å². The summed E-state index contributed by atoms with van der Waals surface area (Å²) in [7, 11) is 1.66. The topological polar surface area (TPSA) is 73.4 Å². The summed E-state index contributed by atoms with van der Waals surface area (Å²) in [6, 6.07) is 1.87. The van der Waals surface area contributed by atoms with Crippen LogP contribution in [0.25, 0.3) is 0 Å². The van der Waals surface area contributed by atoms with E-state index in [2.05, 4.69) is 14.7 Å². The summed E-state index contributed by atoms with van der Waals surface area (Å²) in [5.41, 5.74) is 1.40. The van der Waals surface area contributed by atoms with Crippen LogP contribution >= 0.6 is 0 Å². The van der Waals surface area contributed by atoms with Crippen LogP contribution in [-0.4, -0.2) is 45.8 Å². The van der Waals surface area contributed by atoms with Gasteiger partial charge in [-0.15, -0.1) is 0 Å². The first-order chi connectivity index (χ1) is 10.8. The summed E-state index contributed by atoms with van der Waals surface area (Å²) in [5, 5.41) is 3.95. The van der Waals surface area contributed by atoms with Gasteiger partial charge >= 0.3 is 0 Å². The number of carbonyl (C=O) groups is 1. The number of nitrogens with zero attached hydrogens (tertiary/aromatic N) is 4. The van der Waals surface area contributed by atoms with Gasteiger partial charge in [0, 0.05) is 31.8 Å². The smallest absolute Gasteiger partial charge is 0.276 e. The second-order valence-corrected chi connectivity index (χ2v) is 5.98. The number of aromatic nitrogens is 3. The minimum Gasteiger partial charge on any atom is -0.382 e. The molecule has 0 aromatic carbocycles. The maximum Gasteiger partial charge on any atom is 0.276 e. The quantitative estimate of drug-likeness (QED) is 0.857. The highest BCUT2D eigenvalue weighted by atomic mass is 16.5. The third-order valence-electron chi connectivity index (χ3n) is 4.30. The van der Waals surface area contributed by atoms with E-state index in [-0.39, 0.29) is 11.9 Å². The highest BCUT2D eigenvalue weighted by Crippen LogP contribution is 2.40. The third-order valence-corrected chi connectivity index (χ3v) is 4.30. The van der Waals surface area contributed by atoms with Gasteiger partial charge in [-0.1, -0.05) is 5.16 Å². The van der Waals surface area contributed by atoms with Gasteiger partial charge in [-0.3, -0.25) is 4.79 Å². The number of imidazole rings is 1. The Labute approximate surface area is 127 Å². The molecule has 0 radical (unpaired) electrons. The molecule has 1 fully saturated rings. The van der Waals surface area contributed by atoms with Crippen LogP contribution in [0.4, 0.5) is 0 Å². The summed E-state index contributed by atoms with van der Waals surface area (Å²) in [5.74, 6) is 1.20. The molecule has 0 bridgehead atoms. The summed E-state index contributed by atoms with van der Waals surface area (Å²) in [6.07, 6.45) is 5.84. The number of amides is 1. The number of methoxy groups -OCH3 is 1. The van der Waals surface area contributed by atoms with Crippen molar-refractivity contribution in [2.45, 2.75) is 31.3 Å². The van der Waals surface area contributed by atoms with Crippen molar-refractivity contribution in [3.63, 3.8) is 0 Å². The van der Waals surface area contributed by atoms with Crippen LogP contribution in [0.2, 0.25) is 0 Å². The van der Waals surface area contributed by atoms with E-state index in [1.54, 1.807) is 30.6 Å². The lowest BCUT2D eigenvalue weighted by Crippen LogP contribution is -2.42. The first-order valence-electron chi connectivity index (χ1n) is 7.52. The summed E-state index contributed by atoms with van der Waals surface area (Å²) in [6.45, 7) is 1.66. The Bertz CT molecular complexity index is 689. The van der Waals surface area contributed by atoms with Crippen molar-refractivity contribution < 1.29 is 14.1 Å². The fourth-order valence-electron chi connectivity index (χ4n) is 2.98. The van der Waals surface area contributed by atoms with Gasteiger partial charge in [-0.25, -0.2) is 4.98 Å². The fourth-order valence-corrected chi connectivity index (χ4v) is 2.98. The average molecular weight is 302 g/mol. The molecule has 0 N–H and O–H groups in total. The van der Waals surface area contributed by atoms with Gasteiger partial charge in [0.1, 0.15) is 5.76 Å². The Morgan fingerprint density at radius 2 is 2.36 bits per heavy atom. The van der Waals surface area contributed by atoms with Crippen molar-refractivity contribution in [1.82, 2.24) is 19.6 Å². The van der Waals surface area contributed by atoms with Gasteiger partial charge in [-0.2, -0.15) is 0 Å². The van der Waals surface area contributed by atoms with Gasteiger partial charge in [0.05, 0.1) is 31.2 Å². The average Bonchev–Trinajstić information content (AvgIpc) is 3.07. The van der Waals surface area contributed by atoms with Crippen molar-refractivity contribution in [3.05, 3.63) is 35.7 Å². The molecular formula is C15H18N4O3. The molecule has 0 unspecified atom stereocenters. The van der Waals surface area contributed by atoms with Crippen LogP contribution in [0.5, 0.6) is 0 Å². The highest BCUT2D eigenvalue weighted by Gasteiger charge is 2.32. The minimum atomic E-state index is -0.0933. The lowest BCUT2D eigenvalue weighted by atomic mass is 10.1. The lowest BCUT2D eigenvalue weighted by molar-refractivity contribution is 0.0590. The third kappa shape index (κ3) is 2.31. The van der Waals surface area contributed by atoms with Crippen LogP contribution < -0.4 is 0 Å². The molecule has 22 heavy (non-hydrogen) atoms. The molecule has 1 saturated carbocycles. The lowest BCUT2D eigenvalue weighted by Gasteiger charge is -2.33. The Balaban J connectivity index is 1.55. The van der Waals surface area contributed by atoms with E-state index in [0.717, 1.165) is 24.3 Å². The van der Waals surface area contributed by atoms with Crippen LogP contribution in [0.15, 0.2) is 23.1 Å². The Hall–Kier alpha value is -2.15. The van der Waals surface area contributed by atoms with E-state index in [1.807, 2.05) is 0 Å². The molecule has 7 nitrogen and oxygen atoms in total. The first-order valence-corrected chi connectivity index (χ1v) is 7.52. The van der Waals surface area contributed by atoms with Crippen LogP contribution in [-0.2, 0) is 11.3 Å². The number of hydrogen-bond acceptors (Lipinski definition) is 5. The number of fused-ring (bicyclic) bond motifs is 1. The standard InChI is InChI=1S/C15H18N4O3/c1-21-8-12-7-18(6-11-5-16-9-19(11)12)15(20)13-4-14(22-17-13)10-2-3-10/h4-5,9-10,12H,2-3,6-8H2,1H3/t12-/m1/s1. The Morgan fingerprint density at radius 3 is 3.14 bits per heavy atom. The predicted molar refractivity (Wildman–Crippen MR) is 76.4 cm³/mol. The van der Waals surface area contributed by atoms with E-state index < -0.39 is 0 Å². The highest BCUT2D eigenvalue weighted by molar-refractivity contribution is 5.92. The van der Waals surface area contributed by atoms with Crippen LogP contribution in [0.1, 0.15) is 46.7 Å². The zero-order valence-corrected chi connectivity index (χ0v) is 12.4. The van der Waals surface area contributed by atoms with Gasteiger partial charge in [0.25, 0.3) is 5.91 Å². The van der Waals surface area contributed by atoms with E-state index in [0.29, 0.717) is 31.3 Å². The van der Waals surface area contributed by atoms with Gasteiger partial charge in [0.2, 0.25) is 0 Å². The zero-order chi connectivity index (χ0) is 15.1.